The topological polar surface area (TPSA) is 134 Å². The summed E-state index contributed by atoms with van der Waals surface area (Å²) in [6.45, 7) is -0.868. The Kier molecular flexibility index (Phi) is 7.92. The molecule has 4 amide bonds. The number of rotatable bonds is 8. The van der Waals surface area contributed by atoms with Crippen LogP contribution in [-0.4, -0.2) is 74.3 Å². The van der Waals surface area contributed by atoms with E-state index in [0.29, 0.717) is 20.9 Å². The number of aromatic nitrogens is 2. The van der Waals surface area contributed by atoms with Crippen LogP contribution in [0.2, 0.25) is 0 Å². The van der Waals surface area contributed by atoms with E-state index in [1.807, 2.05) is 0 Å². The third kappa shape index (κ3) is 5.62. The lowest BCUT2D eigenvalue weighted by Gasteiger charge is -2.31. The maximum atomic E-state index is 13.7. The molecule has 1 aliphatic heterocycles. The Hall–Kier alpha value is -4.79. The van der Waals surface area contributed by atoms with Crippen molar-refractivity contribution < 1.29 is 46.6 Å². The second-order valence-corrected chi connectivity index (χ2v) is 10.6. The summed E-state index contributed by atoms with van der Waals surface area (Å²) in [5, 5.41) is 17.5. The number of amides is 4. The van der Waals surface area contributed by atoms with Gasteiger partial charge in [0, 0.05) is 37.3 Å². The van der Waals surface area contributed by atoms with Crippen LogP contribution in [0.4, 0.5) is 22.4 Å². The molecule has 1 fully saturated rings. The minimum atomic E-state index is -4.84. The molecule has 1 aliphatic carbocycles. The molecule has 44 heavy (non-hydrogen) atoms. The number of alkyl halides is 3. The molecule has 0 saturated carbocycles. The van der Waals surface area contributed by atoms with Crippen LogP contribution in [0.5, 0.6) is 0 Å². The average Bonchev–Trinajstić information content (AvgIpc) is 3.62. The number of aliphatic hydroxyl groups is 1. The summed E-state index contributed by atoms with van der Waals surface area (Å²) in [5.74, 6) is -3.07. The van der Waals surface area contributed by atoms with Crippen LogP contribution in [0.1, 0.15) is 36.1 Å². The highest BCUT2D eigenvalue weighted by Crippen LogP contribution is 2.50. The quantitative estimate of drug-likeness (QED) is 0.371. The number of ether oxygens (including phenoxy) is 1. The van der Waals surface area contributed by atoms with E-state index >= 15 is 0 Å². The molecule has 1 spiro atoms. The van der Waals surface area contributed by atoms with E-state index in [0.717, 1.165) is 19.1 Å². The summed E-state index contributed by atoms with van der Waals surface area (Å²) in [7, 11) is 1.49. The summed E-state index contributed by atoms with van der Waals surface area (Å²) in [6.07, 6.45) is -4.58. The van der Waals surface area contributed by atoms with Gasteiger partial charge in [0.25, 0.3) is 5.91 Å². The number of nitrogens with one attached hydrogen (secondary N) is 1. The fourth-order valence-electron chi connectivity index (χ4n) is 5.32. The Morgan fingerprint density at radius 2 is 1.86 bits per heavy atom. The number of hydrogen-bond donors (Lipinski definition) is 2. The molecule has 0 bridgehead atoms. The van der Waals surface area contributed by atoms with E-state index in [1.54, 1.807) is 18.3 Å². The zero-order chi connectivity index (χ0) is 32.0. The van der Waals surface area contributed by atoms with Gasteiger partial charge < -0.3 is 20.1 Å². The van der Waals surface area contributed by atoms with Crippen LogP contribution in [0.3, 0.4) is 0 Å². The van der Waals surface area contributed by atoms with E-state index < -0.39 is 60.7 Å². The van der Waals surface area contributed by atoms with Gasteiger partial charge in [-0.1, -0.05) is 24.3 Å². The molecule has 1 saturated heterocycles. The first-order valence-corrected chi connectivity index (χ1v) is 13.4. The first-order chi connectivity index (χ1) is 20.7. The number of fused-ring (bicyclic) bond motifs is 2. The predicted molar refractivity (Wildman–Crippen MR) is 144 cm³/mol. The number of benzene rings is 2. The monoisotopic (exact) mass is 617 g/mol. The SMILES string of the molecule is CNC(=O)Cn1cc(-c2ccc3c(c2)[C@H](O)C[C@]32OC(=O)N(CC(=O)N(Cc3ccc(F)cc3)[C@@H](C)C(F)(F)F)C2=O)cn1. The molecule has 11 nitrogen and oxygen atoms in total. The van der Waals surface area contributed by atoms with Gasteiger partial charge in [-0.15, -0.1) is 0 Å². The summed E-state index contributed by atoms with van der Waals surface area (Å²) in [6, 6.07) is 6.89. The molecule has 232 valence electrons. The zero-order valence-corrected chi connectivity index (χ0v) is 23.5. The van der Waals surface area contributed by atoms with E-state index in [9.17, 15) is 41.8 Å². The van der Waals surface area contributed by atoms with Crippen LogP contribution in [-0.2, 0) is 37.8 Å². The van der Waals surface area contributed by atoms with Gasteiger partial charge in [0.2, 0.25) is 17.4 Å². The van der Waals surface area contributed by atoms with Gasteiger partial charge in [-0.25, -0.2) is 14.1 Å². The molecule has 5 rings (SSSR count). The first kappa shape index (κ1) is 30.7. The van der Waals surface area contributed by atoms with Gasteiger partial charge in [-0.2, -0.15) is 18.3 Å². The van der Waals surface area contributed by atoms with Gasteiger partial charge in [-0.3, -0.25) is 19.1 Å². The molecule has 15 heteroatoms. The Balaban J connectivity index is 1.39. The lowest BCUT2D eigenvalue weighted by atomic mass is 9.93. The molecule has 2 heterocycles. The smallest absolute Gasteiger partial charge is 0.418 e. The second kappa shape index (κ2) is 11.4. The summed E-state index contributed by atoms with van der Waals surface area (Å²) >= 11 is 0. The molecular weight excluding hydrogens is 590 g/mol. The fraction of sp³-hybridized carbons (Fsp3) is 0.345. The van der Waals surface area contributed by atoms with E-state index in [4.69, 9.17) is 4.74 Å². The highest BCUT2D eigenvalue weighted by molar-refractivity contribution is 6.06. The molecule has 0 radical (unpaired) electrons. The third-order valence-corrected chi connectivity index (χ3v) is 7.77. The summed E-state index contributed by atoms with van der Waals surface area (Å²) in [5.41, 5.74) is -0.140. The number of imide groups is 1. The van der Waals surface area contributed by atoms with Crippen molar-refractivity contribution in [1.82, 2.24) is 24.9 Å². The van der Waals surface area contributed by atoms with Crippen LogP contribution in [0.25, 0.3) is 11.1 Å². The summed E-state index contributed by atoms with van der Waals surface area (Å²) < 4.78 is 61.3. The van der Waals surface area contributed by atoms with Gasteiger partial charge in [0.05, 0.1) is 12.3 Å². The van der Waals surface area contributed by atoms with E-state index in [-0.39, 0.29) is 35.6 Å². The number of likely N-dealkylation sites (N-methyl/N-ethyl adjacent to an activating group) is 1. The Labute approximate surface area is 248 Å². The summed E-state index contributed by atoms with van der Waals surface area (Å²) in [4.78, 5) is 52.3. The number of nitrogens with zero attached hydrogens (tertiary/aromatic N) is 4. The fourth-order valence-corrected chi connectivity index (χ4v) is 5.32. The average molecular weight is 618 g/mol. The molecule has 3 atom stereocenters. The number of hydrogen-bond acceptors (Lipinski definition) is 7. The van der Waals surface area contributed by atoms with Crippen molar-refractivity contribution in [3.05, 3.63) is 77.4 Å². The normalized spacial score (nSPS) is 20.1. The predicted octanol–water partition coefficient (Wildman–Crippen LogP) is 3.03. The third-order valence-electron chi connectivity index (χ3n) is 7.77. The van der Waals surface area contributed by atoms with Crippen molar-refractivity contribution in [3.63, 3.8) is 0 Å². The molecule has 2 N–H and O–H groups in total. The van der Waals surface area contributed by atoms with Crippen molar-refractivity contribution in [1.29, 1.82) is 0 Å². The van der Waals surface area contributed by atoms with Gasteiger partial charge in [0.15, 0.2) is 0 Å². The maximum absolute atomic E-state index is 13.7. The van der Waals surface area contributed by atoms with Crippen molar-refractivity contribution in [2.24, 2.45) is 0 Å². The Morgan fingerprint density at radius 3 is 2.52 bits per heavy atom. The van der Waals surface area contributed by atoms with Crippen LogP contribution >= 0.6 is 0 Å². The maximum Gasteiger partial charge on any atom is 0.418 e. The zero-order valence-electron chi connectivity index (χ0n) is 23.5. The molecule has 2 aromatic carbocycles. The van der Waals surface area contributed by atoms with Gasteiger partial charge >= 0.3 is 12.3 Å². The van der Waals surface area contributed by atoms with Crippen molar-refractivity contribution in [2.45, 2.75) is 50.4 Å². The molecule has 1 aromatic heterocycles. The Morgan fingerprint density at radius 1 is 1.16 bits per heavy atom. The van der Waals surface area contributed by atoms with Crippen molar-refractivity contribution in [2.75, 3.05) is 13.6 Å². The lowest BCUT2D eigenvalue weighted by molar-refractivity contribution is -0.187. The first-order valence-electron chi connectivity index (χ1n) is 13.4. The minimum absolute atomic E-state index is 0.0186. The highest BCUT2D eigenvalue weighted by atomic mass is 19.4. The van der Waals surface area contributed by atoms with E-state index in [2.05, 4.69) is 10.4 Å². The van der Waals surface area contributed by atoms with Crippen LogP contribution in [0.15, 0.2) is 54.9 Å². The largest absolute Gasteiger partial charge is 0.427 e. The molecule has 0 unspecified atom stereocenters. The van der Waals surface area contributed by atoms with E-state index in [1.165, 1.54) is 36.1 Å². The van der Waals surface area contributed by atoms with Crippen molar-refractivity contribution in [3.8, 4) is 11.1 Å². The standard InChI is InChI=1S/C29H27F4N5O6/c1-16(29(31,32)33)37(12-17-3-6-20(30)7-4-17)25(41)15-38-26(42)28(44-27(38)43)10-23(39)21-9-18(5-8-22(21)28)19-11-35-36(13-19)14-24(40)34-2/h3-9,11,13,16,23,39H,10,12,14-15H2,1-2H3,(H,34,40)/t16-,23+,28-/m0/s1. The lowest BCUT2D eigenvalue weighted by Crippen LogP contribution is -2.51. The van der Waals surface area contributed by atoms with Crippen molar-refractivity contribution >= 4 is 23.8 Å². The second-order valence-electron chi connectivity index (χ2n) is 10.6. The minimum Gasteiger partial charge on any atom is -0.427 e. The molecular formula is C29H27F4N5O6. The van der Waals surface area contributed by atoms with Crippen LogP contribution in [0, 0.1) is 5.82 Å². The number of carbonyl (C=O) groups is 4. The highest BCUT2D eigenvalue weighted by Gasteiger charge is 2.61. The van der Waals surface area contributed by atoms with Gasteiger partial charge in [-0.05, 0) is 41.8 Å². The Bertz CT molecular complexity index is 1620. The number of aliphatic hydroxyl groups excluding tert-OH is 1. The van der Waals surface area contributed by atoms with Crippen LogP contribution < -0.4 is 5.32 Å². The molecule has 2 aliphatic rings. The van der Waals surface area contributed by atoms with Gasteiger partial charge in [0.1, 0.15) is 24.9 Å². The number of carbonyl (C=O) groups excluding carboxylic acids is 4. The molecule has 3 aromatic rings. The number of halogens is 4.